The molecule has 198 valence electrons. The third-order valence-electron chi connectivity index (χ3n) is 6.36. The van der Waals surface area contributed by atoms with Crippen LogP contribution in [0.25, 0.3) is 0 Å². The van der Waals surface area contributed by atoms with Crippen LogP contribution in [0.5, 0.6) is 5.75 Å². The highest BCUT2D eigenvalue weighted by Gasteiger charge is 2.32. The second-order valence-corrected chi connectivity index (χ2v) is 11.1. The van der Waals surface area contributed by atoms with Gasteiger partial charge in [0.25, 0.3) is 0 Å². The molecule has 0 radical (unpaired) electrons. The molecule has 36 heavy (non-hydrogen) atoms. The molecule has 0 saturated heterocycles. The zero-order valence-electron chi connectivity index (χ0n) is 22.4. The molecule has 0 bridgehead atoms. The van der Waals surface area contributed by atoms with Crippen molar-refractivity contribution in [3.05, 3.63) is 59.2 Å². The molecule has 2 amide bonds. The van der Waals surface area contributed by atoms with Crippen molar-refractivity contribution in [1.82, 2.24) is 10.2 Å². The summed E-state index contributed by atoms with van der Waals surface area (Å²) < 4.78 is 31.8. The fourth-order valence-electron chi connectivity index (χ4n) is 3.78. The molecule has 0 aliphatic rings. The molecule has 0 aliphatic carbocycles. The van der Waals surface area contributed by atoms with Crippen LogP contribution in [0.2, 0.25) is 0 Å². The number of methoxy groups -OCH3 is 1. The van der Waals surface area contributed by atoms with Gasteiger partial charge in [-0.1, -0.05) is 32.0 Å². The number of hydrogen-bond acceptors (Lipinski definition) is 5. The number of anilines is 1. The van der Waals surface area contributed by atoms with Crippen molar-refractivity contribution < 1.29 is 22.7 Å². The minimum absolute atomic E-state index is 0.0486. The molecule has 0 heterocycles. The first-order chi connectivity index (χ1) is 16.9. The summed E-state index contributed by atoms with van der Waals surface area (Å²) in [6.07, 6.45) is 2.21. The lowest BCUT2D eigenvalue weighted by Gasteiger charge is -2.33. The lowest BCUT2D eigenvalue weighted by atomic mass is 10.1. The predicted molar refractivity (Wildman–Crippen MR) is 144 cm³/mol. The third kappa shape index (κ3) is 7.71. The summed E-state index contributed by atoms with van der Waals surface area (Å²) in [6.45, 7) is 9.29. The molecule has 0 fully saturated rings. The van der Waals surface area contributed by atoms with E-state index in [1.807, 2.05) is 52.8 Å². The van der Waals surface area contributed by atoms with Gasteiger partial charge in [0.1, 0.15) is 18.3 Å². The Morgan fingerprint density at radius 2 is 1.64 bits per heavy atom. The van der Waals surface area contributed by atoms with Crippen molar-refractivity contribution in [2.45, 2.75) is 66.1 Å². The Bertz CT molecular complexity index is 1150. The summed E-state index contributed by atoms with van der Waals surface area (Å²) in [6, 6.07) is 11.7. The highest BCUT2D eigenvalue weighted by atomic mass is 32.2. The maximum absolute atomic E-state index is 13.7. The van der Waals surface area contributed by atoms with Gasteiger partial charge in [0.15, 0.2) is 0 Å². The minimum atomic E-state index is -3.76. The fourth-order valence-corrected chi connectivity index (χ4v) is 4.62. The van der Waals surface area contributed by atoms with Gasteiger partial charge in [-0.05, 0) is 74.6 Å². The molecule has 0 spiro atoms. The van der Waals surface area contributed by atoms with E-state index in [1.54, 1.807) is 31.4 Å². The molecule has 0 aromatic heterocycles. The molecule has 0 saturated carbocycles. The lowest BCUT2D eigenvalue weighted by Crippen LogP contribution is -2.53. The normalized spacial score (nSPS) is 13.0. The van der Waals surface area contributed by atoms with Gasteiger partial charge >= 0.3 is 0 Å². The minimum Gasteiger partial charge on any atom is -0.497 e. The summed E-state index contributed by atoms with van der Waals surface area (Å²) in [4.78, 5) is 28.4. The number of ether oxygens (including phenoxy) is 1. The number of benzene rings is 2. The Morgan fingerprint density at radius 3 is 2.14 bits per heavy atom. The maximum Gasteiger partial charge on any atom is 0.244 e. The maximum atomic E-state index is 13.7. The number of rotatable bonds is 12. The first-order valence-electron chi connectivity index (χ1n) is 12.2. The number of aryl methyl sites for hydroxylation is 2. The number of hydrogen-bond donors (Lipinski definition) is 1. The Labute approximate surface area is 215 Å². The molecule has 0 unspecified atom stereocenters. The van der Waals surface area contributed by atoms with Crippen LogP contribution < -0.4 is 14.4 Å². The number of carbonyl (C=O) groups excluding carboxylic acids is 2. The predicted octanol–water partition coefficient (Wildman–Crippen LogP) is 3.80. The average Bonchev–Trinajstić information content (AvgIpc) is 2.83. The fraction of sp³-hybridized carbons (Fsp3) is 0.481. The monoisotopic (exact) mass is 517 g/mol. The van der Waals surface area contributed by atoms with Gasteiger partial charge in [-0.15, -0.1) is 0 Å². The first-order valence-corrected chi connectivity index (χ1v) is 14.0. The van der Waals surface area contributed by atoms with E-state index >= 15 is 0 Å². The SMILES string of the molecule is CC[C@H](C)NC(=O)[C@H](CC)N(Cc1ccc(OC)cc1)C(=O)CN(c1ccc(C)c(C)c1)S(C)(=O)=O. The van der Waals surface area contributed by atoms with Crippen molar-refractivity contribution >= 4 is 27.5 Å². The quantitative estimate of drug-likeness (QED) is 0.462. The average molecular weight is 518 g/mol. The van der Waals surface area contributed by atoms with Crippen molar-refractivity contribution in [2.24, 2.45) is 0 Å². The zero-order valence-corrected chi connectivity index (χ0v) is 23.2. The van der Waals surface area contributed by atoms with Gasteiger partial charge in [-0.25, -0.2) is 8.42 Å². The van der Waals surface area contributed by atoms with Gasteiger partial charge in [0.2, 0.25) is 21.8 Å². The molecule has 2 rings (SSSR count). The van der Waals surface area contributed by atoms with Gasteiger partial charge < -0.3 is 15.0 Å². The Balaban J connectivity index is 2.45. The number of sulfonamides is 1. The standard InChI is InChI=1S/C27H39N3O5S/c1-8-21(5)28-27(32)25(9-2)29(17-22-11-14-24(35-6)15-12-22)26(31)18-30(36(7,33)34)23-13-10-19(3)20(4)16-23/h10-16,21,25H,8-9,17-18H2,1-7H3,(H,28,32)/t21-,25-/m0/s1. The molecule has 2 aromatic rings. The lowest BCUT2D eigenvalue weighted by molar-refractivity contribution is -0.140. The van der Waals surface area contributed by atoms with Crippen molar-refractivity contribution in [2.75, 3.05) is 24.2 Å². The van der Waals surface area contributed by atoms with Crippen LogP contribution in [0, 0.1) is 13.8 Å². The van der Waals surface area contributed by atoms with E-state index in [0.29, 0.717) is 17.9 Å². The van der Waals surface area contributed by atoms with E-state index in [2.05, 4.69) is 5.32 Å². The van der Waals surface area contributed by atoms with Gasteiger partial charge in [0.05, 0.1) is 19.1 Å². The third-order valence-corrected chi connectivity index (χ3v) is 7.50. The second-order valence-electron chi connectivity index (χ2n) is 9.15. The first kappa shape index (κ1) is 29.2. The molecular formula is C27H39N3O5S. The largest absolute Gasteiger partial charge is 0.497 e. The van der Waals surface area contributed by atoms with Gasteiger partial charge in [-0.3, -0.25) is 13.9 Å². The molecule has 8 nitrogen and oxygen atoms in total. The molecule has 1 N–H and O–H groups in total. The van der Waals surface area contributed by atoms with Crippen LogP contribution in [-0.4, -0.2) is 57.1 Å². The molecule has 2 aromatic carbocycles. The molecule has 0 aliphatic heterocycles. The van der Waals surface area contributed by atoms with E-state index in [0.717, 1.165) is 33.7 Å². The van der Waals surface area contributed by atoms with E-state index in [4.69, 9.17) is 4.74 Å². The van der Waals surface area contributed by atoms with Crippen LogP contribution in [-0.2, 0) is 26.2 Å². The number of nitrogens with zero attached hydrogens (tertiary/aromatic N) is 2. The Kier molecular flexibility index (Phi) is 10.3. The Morgan fingerprint density at radius 1 is 1.00 bits per heavy atom. The highest BCUT2D eigenvalue weighted by molar-refractivity contribution is 7.92. The molecule has 9 heteroatoms. The van der Waals surface area contributed by atoms with E-state index in [1.165, 1.54) is 4.90 Å². The van der Waals surface area contributed by atoms with Crippen LogP contribution in [0.15, 0.2) is 42.5 Å². The Hall–Kier alpha value is -3.07. The summed E-state index contributed by atoms with van der Waals surface area (Å²) in [7, 11) is -2.19. The van der Waals surface area contributed by atoms with Crippen LogP contribution in [0.3, 0.4) is 0 Å². The molecule has 2 atom stereocenters. The van der Waals surface area contributed by atoms with E-state index < -0.39 is 28.5 Å². The highest BCUT2D eigenvalue weighted by Crippen LogP contribution is 2.23. The smallest absolute Gasteiger partial charge is 0.244 e. The second kappa shape index (κ2) is 12.8. The van der Waals surface area contributed by atoms with Crippen molar-refractivity contribution in [3.8, 4) is 5.75 Å². The van der Waals surface area contributed by atoms with E-state index in [-0.39, 0.29) is 18.5 Å². The molecular weight excluding hydrogens is 478 g/mol. The topological polar surface area (TPSA) is 96.0 Å². The summed E-state index contributed by atoms with van der Waals surface area (Å²) >= 11 is 0. The van der Waals surface area contributed by atoms with Gasteiger partial charge in [0, 0.05) is 12.6 Å². The summed E-state index contributed by atoms with van der Waals surface area (Å²) in [5.74, 6) is -0.0393. The number of carbonyl (C=O) groups is 2. The zero-order chi connectivity index (χ0) is 27.0. The summed E-state index contributed by atoms with van der Waals surface area (Å²) in [5, 5.41) is 2.96. The summed E-state index contributed by atoms with van der Waals surface area (Å²) in [5.41, 5.74) is 3.15. The van der Waals surface area contributed by atoms with Crippen LogP contribution in [0.1, 0.15) is 50.3 Å². The van der Waals surface area contributed by atoms with Crippen molar-refractivity contribution in [1.29, 1.82) is 0 Å². The van der Waals surface area contributed by atoms with Crippen molar-refractivity contribution in [3.63, 3.8) is 0 Å². The number of nitrogens with one attached hydrogen (secondary N) is 1. The van der Waals surface area contributed by atoms with E-state index in [9.17, 15) is 18.0 Å². The van der Waals surface area contributed by atoms with Gasteiger partial charge in [-0.2, -0.15) is 0 Å². The number of amides is 2. The van der Waals surface area contributed by atoms with Crippen LogP contribution in [0.4, 0.5) is 5.69 Å². The van der Waals surface area contributed by atoms with Crippen LogP contribution >= 0.6 is 0 Å².